The average molecular weight is 336 g/mol. The summed E-state index contributed by atoms with van der Waals surface area (Å²) in [5.74, 6) is 2.48. The van der Waals surface area contributed by atoms with Crippen molar-refractivity contribution >= 4 is 0 Å². The van der Waals surface area contributed by atoms with E-state index in [2.05, 4.69) is 18.0 Å². The van der Waals surface area contributed by atoms with Crippen molar-refractivity contribution in [1.82, 2.24) is 9.55 Å². The minimum Gasteiger partial charge on any atom is -0.490 e. The highest BCUT2D eigenvalue weighted by Crippen LogP contribution is 2.34. The van der Waals surface area contributed by atoms with E-state index in [1.54, 1.807) is 6.20 Å². The van der Waals surface area contributed by atoms with Crippen LogP contribution in [0.2, 0.25) is 0 Å². The predicted octanol–water partition coefficient (Wildman–Crippen LogP) is 3.23. The van der Waals surface area contributed by atoms with Crippen molar-refractivity contribution in [2.24, 2.45) is 0 Å². The molecule has 2 heterocycles. The first-order valence-corrected chi connectivity index (χ1v) is 8.42. The number of benzene rings is 2. The summed E-state index contributed by atoms with van der Waals surface area (Å²) in [6.45, 7) is 2.31. The number of rotatable bonds is 5. The van der Waals surface area contributed by atoms with Crippen LogP contribution in [0.3, 0.4) is 0 Å². The van der Waals surface area contributed by atoms with Crippen LogP contribution in [-0.2, 0) is 6.42 Å². The van der Waals surface area contributed by atoms with Gasteiger partial charge < -0.3 is 14.6 Å². The summed E-state index contributed by atoms with van der Waals surface area (Å²) in [5.41, 5.74) is 3.15. The van der Waals surface area contributed by atoms with Crippen LogP contribution in [0.5, 0.6) is 11.5 Å². The zero-order chi connectivity index (χ0) is 17.2. The largest absolute Gasteiger partial charge is 0.490 e. The van der Waals surface area contributed by atoms with Crippen LogP contribution in [0.1, 0.15) is 12.5 Å². The lowest BCUT2D eigenvalue weighted by Gasteiger charge is -2.13. The molecule has 1 aliphatic rings. The molecule has 1 atom stereocenters. The first-order valence-electron chi connectivity index (χ1n) is 8.42. The lowest BCUT2D eigenvalue weighted by Crippen LogP contribution is -2.05. The molecule has 4 rings (SSSR count). The third-order valence-corrected chi connectivity index (χ3v) is 4.28. The predicted molar refractivity (Wildman–Crippen MR) is 95.4 cm³/mol. The molecule has 0 unspecified atom stereocenters. The summed E-state index contributed by atoms with van der Waals surface area (Å²) in [7, 11) is 0. The summed E-state index contributed by atoms with van der Waals surface area (Å²) in [5, 5.41) is 9.03. The number of hydrogen-bond donors (Lipinski definition) is 1. The molecular formula is C20H20N2O3. The van der Waals surface area contributed by atoms with E-state index in [1.807, 2.05) is 47.2 Å². The summed E-state index contributed by atoms with van der Waals surface area (Å²) in [6.07, 6.45) is 4.87. The Hall–Kier alpha value is -2.79. The topological polar surface area (TPSA) is 56.5 Å². The van der Waals surface area contributed by atoms with Gasteiger partial charge in [-0.3, -0.25) is 4.57 Å². The lowest BCUT2D eigenvalue weighted by atomic mass is 10.1. The van der Waals surface area contributed by atoms with E-state index in [0.717, 1.165) is 29.2 Å². The molecule has 1 aromatic heterocycles. The number of imidazole rings is 1. The number of ether oxygens (including phenoxy) is 2. The molecule has 128 valence electrons. The van der Waals surface area contributed by atoms with Gasteiger partial charge in [0, 0.05) is 24.5 Å². The van der Waals surface area contributed by atoms with Crippen LogP contribution in [0.4, 0.5) is 0 Å². The van der Waals surface area contributed by atoms with Gasteiger partial charge in [-0.25, -0.2) is 4.98 Å². The van der Waals surface area contributed by atoms with Gasteiger partial charge in [-0.1, -0.05) is 12.1 Å². The van der Waals surface area contributed by atoms with Crippen LogP contribution in [0.15, 0.2) is 54.9 Å². The third kappa shape index (κ3) is 2.98. The van der Waals surface area contributed by atoms with Gasteiger partial charge in [0.2, 0.25) is 0 Å². The normalized spacial score (nSPS) is 15.7. The Morgan fingerprint density at radius 2 is 2.16 bits per heavy atom. The highest BCUT2D eigenvalue weighted by atomic mass is 16.5. The molecule has 0 fully saturated rings. The van der Waals surface area contributed by atoms with E-state index < -0.39 is 0 Å². The minimum atomic E-state index is -0.0220. The van der Waals surface area contributed by atoms with Crippen molar-refractivity contribution in [3.05, 3.63) is 60.4 Å². The molecule has 1 N–H and O–H groups in total. The molecule has 0 aliphatic carbocycles. The van der Waals surface area contributed by atoms with Gasteiger partial charge in [0.05, 0.1) is 12.2 Å². The second-order valence-electron chi connectivity index (χ2n) is 6.11. The van der Waals surface area contributed by atoms with Gasteiger partial charge in [0.25, 0.3) is 0 Å². The number of para-hydroxylation sites is 1. The van der Waals surface area contributed by atoms with Gasteiger partial charge >= 0.3 is 0 Å². The Kier molecular flexibility index (Phi) is 4.15. The summed E-state index contributed by atoms with van der Waals surface area (Å²) >= 11 is 0. The molecule has 2 aromatic carbocycles. The van der Waals surface area contributed by atoms with Crippen LogP contribution in [0, 0.1) is 0 Å². The Morgan fingerprint density at radius 3 is 3.04 bits per heavy atom. The molecule has 5 nitrogen and oxygen atoms in total. The maximum absolute atomic E-state index is 9.03. The molecule has 3 aromatic rings. The number of aliphatic hydroxyl groups is 1. The van der Waals surface area contributed by atoms with Gasteiger partial charge in [0.15, 0.2) is 0 Å². The smallest absolute Gasteiger partial charge is 0.148 e. The lowest BCUT2D eigenvalue weighted by molar-refractivity contribution is 0.202. The molecule has 0 bridgehead atoms. The van der Waals surface area contributed by atoms with Crippen molar-refractivity contribution < 1.29 is 14.6 Å². The maximum Gasteiger partial charge on any atom is 0.148 e. The van der Waals surface area contributed by atoms with Crippen molar-refractivity contribution in [2.75, 3.05) is 13.2 Å². The van der Waals surface area contributed by atoms with Crippen LogP contribution in [-0.4, -0.2) is 34.0 Å². The van der Waals surface area contributed by atoms with Crippen LogP contribution in [0.25, 0.3) is 17.1 Å². The Morgan fingerprint density at radius 1 is 1.28 bits per heavy atom. The molecule has 0 amide bonds. The Balaban J connectivity index is 1.74. The quantitative estimate of drug-likeness (QED) is 0.777. The second-order valence-corrected chi connectivity index (χ2v) is 6.11. The molecule has 0 radical (unpaired) electrons. The molecule has 25 heavy (non-hydrogen) atoms. The van der Waals surface area contributed by atoms with Crippen molar-refractivity contribution in [3.63, 3.8) is 0 Å². The standard InChI is InChI=1S/C20H20N2O3/c1-14-12-15-13-16(6-7-18(15)25-14)22-9-8-21-20(22)17-4-2-3-5-19(17)24-11-10-23/h2-9,13-14,23H,10-12H2,1H3/t14-/m1/s1. The summed E-state index contributed by atoms with van der Waals surface area (Å²) in [4.78, 5) is 4.53. The minimum absolute atomic E-state index is 0.0220. The highest BCUT2D eigenvalue weighted by molar-refractivity contribution is 5.66. The Bertz CT molecular complexity index is 888. The van der Waals surface area contributed by atoms with Crippen LogP contribution < -0.4 is 9.47 Å². The average Bonchev–Trinajstić information content (AvgIpc) is 3.25. The maximum atomic E-state index is 9.03. The van der Waals surface area contributed by atoms with E-state index in [-0.39, 0.29) is 19.3 Å². The number of aromatic nitrogens is 2. The summed E-state index contributed by atoms with van der Waals surface area (Å²) < 4.78 is 13.5. The van der Waals surface area contributed by atoms with Gasteiger partial charge in [-0.2, -0.15) is 0 Å². The second kappa shape index (κ2) is 6.61. The first-order chi connectivity index (χ1) is 12.3. The van der Waals surface area contributed by atoms with E-state index in [1.165, 1.54) is 5.56 Å². The number of nitrogens with zero attached hydrogens (tertiary/aromatic N) is 2. The SMILES string of the molecule is C[C@@H]1Cc2cc(-n3ccnc3-c3ccccc3OCCO)ccc2O1. The first kappa shape index (κ1) is 15.7. The van der Waals surface area contributed by atoms with Gasteiger partial charge in [-0.15, -0.1) is 0 Å². The van der Waals surface area contributed by atoms with Crippen molar-refractivity contribution in [1.29, 1.82) is 0 Å². The fourth-order valence-electron chi connectivity index (χ4n) is 3.20. The molecular weight excluding hydrogens is 316 g/mol. The number of aliphatic hydroxyl groups excluding tert-OH is 1. The Labute approximate surface area is 146 Å². The van der Waals surface area contributed by atoms with E-state index in [9.17, 15) is 0 Å². The third-order valence-electron chi connectivity index (χ3n) is 4.28. The fraction of sp³-hybridized carbons (Fsp3) is 0.250. The highest BCUT2D eigenvalue weighted by Gasteiger charge is 2.20. The summed E-state index contributed by atoms with van der Waals surface area (Å²) in [6, 6.07) is 14.0. The van der Waals surface area contributed by atoms with E-state index >= 15 is 0 Å². The van der Waals surface area contributed by atoms with Crippen molar-refractivity contribution in [3.8, 4) is 28.6 Å². The zero-order valence-corrected chi connectivity index (χ0v) is 14.1. The van der Waals surface area contributed by atoms with E-state index in [0.29, 0.717) is 5.75 Å². The molecule has 0 saturated carbocycles. The molecule has 0 spiro atoms. The van der Waals surface area contributed by atoms with Gasteiger partial charge in [0.1, 0.15) is 30.0 Å². The monoisotopic (exact) mass is 336 g/mol. The van der Waals surface area contributed by atoms with E-state index in [4.69, 9.17) is 14.6 Å². The molecule has 5 heteroatoms. The number of hydrogen-bond acceptors (Lipinski definition) is 4. The number of fused-ring (bicyclic) bond motifs is 1. The van der Waals surface area contributed by atoms with Crippen molar-refractivity contribution in [2.45, 2.75) is 19.4 Å². The molecule has 1 aliphatic heterocycles. The fourth-order valence-corrected chi connectivity index (χ4v) is 3.20. The van der Waals surface area contributed by atoms with Gasteiger partial charge in [-0.05, 0) is 42.8 Å². The zero-order valence-electron chi connectivity index (χ0n) is 14.1. The molecule has 0 saturated heterocycles. The van der Waals surface area contributed by atoms with Crippen LogP contribution >= 0.6 is 0 Å².